The smallest absolute Gasteiger partial charge is 0.0113 e. The van der Waals surface area contributed by atoms with E-state index in [1.54, 1.807) is 5.57 Å². The zero-order valence-corrected chi connectivity index (χ0v) is 12.2. The van der Waals surface area contributed by atoms with Crippen molar-refractivity contribution in [2.45, 2.75) is 65.3 Å². The lowest BCUT2D eigenvalue weighted by Crippen LogP contribution is -2.38. The van der Waals surface area contributed by atoms with E-state index in [-0.39, 0.29) is 5.54 Å². The Morgan fingerprint density at radius 3 is 2.65 bits per heavy atom. The molecule has 1 fully saturated rings. The number of fused-ring (bicyclic) bond motifs is 1. The lowest BCUT2D eigenvalue weighted by Gasteiger charge is -2.51. The molecule has 3 unspecified atom stereocenters. The number of allylic oxidation sites excluding steroid dienone is 1. The third-order valence-electron chi connectivity index (χ3n) is 5.47. The quantitative estimate of drug-likeness (QED) is 0.601. The summed E-state index contributed by atoms with van der Waals surface area (Å²) in [5.74, 6) is 1.44. The summed E-state index contributed by atoms with van der Waals surface area (Å²) in [4.78, 5) is 0. The molecular weight excluding hydrogens is 206 g/mol. The van der Waals surface area contributed by atoms with Gasteiger partial charge in [0.1, 0.15) is 0 Å². The largest absolute Gasteiger partial charge is 0.659 e. The SMILES string of the molecule is C[N-]C(C)(C)C1C=C2C(C)CCCC2(C)CC1. The van der Waals surface area contributed by atoms with E-state index in [0.717, 1.165) is 5.92 Å². The number of nitrogens with zero attached hydrogens (tertiary/aromatic N) is 1. The van der Waals surface area contributed by atoms with Crippen LogP contribution in [0.2, 0.25) is 0 Å². The lowest BCUT2D eigenvalue weighted by atomic mass is 9.59. The fourth-order valence-corrected chi connectivity index (χ4v) is 3.83. The molecule has 0 aromatic heterocycles. The van der Waals surface area contributed by atoms with Crippen LogP contribution in [0.5, 0.6) is 0 Å². The molecule has 0 aromatic carbocycles. The standard InChI is InChI=1S/C16H28N/c1-12-7-6-9-16(4)10-8-13(11-14(12)16)15(2,3)17-5/h11-13H,6-10H2,1-5H3/q-1. The van der Waals surface area contributed by atoms with Crippen molar-refractivity contribution >= 4 is 0 Å². The molecule has 0 amide bonds. The molecule has 3 atom stereocenters. The Kier molecular flexibility index (Phi) is 3.42. The van der Waals surface area contributed by atoms with E-state index in [1.165, 1.54) is 32.1 Å². The molecule has 0 spiro atoms. The van der Waals surface area contributed by atoms with Crippen molar-refractivity contribution in [2.75, 3.05) is 7.05 Å². The first kappa shape index (κ1) is 13.1. The molecule has 98 valence electrons. The van der Waals surface area contributed by atoms with Crippen LogP contribution in [0.4, 0.5) is 0 Å². The average Bonchev–Trinajstić information content (AvgIpc) is 2.28. The first-order chi connectivity index (χ1) is 7.89. The summed E-state index contributed by atoms with van der Waals surface area (Å²) in [6.07, 6.45) is 9.49. The summed E-state index contributed by atoms with van der Waals surface area (Å²) in [5, 5.41) is 4.58. The Bertz CT molecular complexity index is 315. The molecule has 0 bridgehead atoms. The van der Waals surface area contributed by atoms with E-state index >= 15 is 0 Å². The molecule has 1 saturated carbocycles. The normalized spacial score (nSPS) is 38.5. The monoisotopic (exact) mass is 234 g/mol. The minimum Gasteiger partial charge on any atom is -0.659 e. The summed E-state index contributed by atoms with van der Waals surface area (Å²) in [7, 11) is 1.97. The highest BCUT2D eigenvalue weighted by Crippen LogP contribution is 2.52. The molecule has 0 aromatic rings. The summed E-state index contributed by atoms with van der Waals surface area (Å²) in [5.41, 5.74) is 2.38. The van der Waals surface area contributed by atoms with Crippen molar-refractivity contribution in [1.29, 1.82) is 0 Å². The minimum absolute atomic E-state index is 0.117. The molecule has 0 aliphatic heterocycles. The van der Waals surface area contributed by atoms with Crippen molar-refractivity contribution in [1.82, 2.24) is 0 Å². The third-order valence-corrected chi connectivity index (χ3v) is 5.47. The predicted molar refractivity (Wildman–Crippen MR) is 75.3 cm³/mol. The fourth-order valence-electron chi connectivity index (χ4n) is 3.83. The first-order valence-corrected chi connectivity index (χ1v) is 7.22. The van der Waals surface area contributed by atoms with Gasteiger partial charge in [-0.15, -0.1) is 5.54 Å². The van der Waals surface area contributed by atoms with Crippen LogP contribution >= 0.6 is 0 Å². The summed E-state index contributed by atoms with van der Waals surface area (Å²) >= 11 is 0. The van der Waals surface area contributed by atoms with Crippen LogP contribution in [0.3, 0.4) is 0 Å². The van der Waals surface area contributed by atoms with E-state index in [4.69, 9.17) is 0 Å². The third kappa shape index (κ3) is 2.31. The molecule has 0 radical (unpaired) electrons. The van der Waals surface area contributed by atoms with E-state index in [1.807, 2.05) is 7.05 Å². The maximum absolute atomic E-state index is 4.58. The van der Waals surface area contributed by atoms with Gasteiger partial charge in [0.25, 0.3) is 0 Å². The maximum Gasteiger partial charge on any atom is -0.0113 e. The number of rotatable bonds is 2. The van der Waals surface area contributed by atoms with Crippen LogP contribution in [0.15, 0.2) is 11.6 Å². The van der Waals surface area contributed by atoms with E-state index < -0.39 is 0 Å². The van der Waals surface area contributed by atoms with Gasteiger partial charge < -0.3 is 5.32 Å². The Morgan fingerprint density at radius 1 is 1.29 bits per heavy atom. The Hall–Kier alpha value is -0.300. The van der Waals surface area contributed by atoms with E-state index in [2.05, 4.69) is 39.1 Å². The van der Waals surface area contributed by atoms with Gasteiger partial charge in [0.05, 0.1) is 0 Å². The van der Waals surface area contributed by atoms with E-state index in [9.17, 15) is 0 Å². The lowest BCUT2D eigenvalue weighted by molar-refractivity contribution is 0.197. The van der Waals surface area contributed by atoms with Gasteiger partial charge in [0.2, 0.25) is 0 Å². The number of hydrogen-bond acceptors (Lipinski definition) is 0. The molecular formula is C16H28N-. The minimum atomic E-state index is 0.117. The van der Waals surface area contributed by atoms with Gasteiger partial charge in [-0.3, -0.25) is 0 Å². The van der Waals surface area contributed by atoms with Gasteiger partial charge in [0.15, 0.2) is 0 Å². The van der Waals surface area contributed by atoms with Crippen LogP contribution in [-0.4, -0.2) is 12.6 Å². The van der Waals surface area contributed by atoms with Crippen molar-refractivity contribution in [3.8, 4) is 0 Å². The molecule has 2 rings (SSSR count). The second kappa shape index (κ2) is 4.42. The first-order valence-electron chi connectivity index (χ1n) is 7.22. The molecule has 0 heterocycles. The topological polar surface area (TPSA) is 14.1 Å². The second-order valence-corrected chi connectivity index (χ2v) is 7.00. The Balaban J connectivity index is 2.28. The Labute approximate surface area is 107 Å². The molecule has 1 nitrogen and oxygen atoms in total. The highest BCUT2D eigenvalue weighted by Gasteiger charge is 2.39. The van der Waals surface area contributed by atoms with Gasteiger partial charge in [-0.05, 0) is 42.9 Å². The fraction of sp³-hybridized carbons (Fsp3) is 0.875. The number of hydrogen-bond donors (Lipinski definition) is 0. The van der Waals surface area contributed by atoms with Crippen molar-refractivity contribution in [2.24, 2.45) is 17.3 Å². The van der Waals surface area contributed by atoms with Crippen molar-refractivity contribution in [3.63, 3.8) is 0 Å². The van der Waals surface area contributed by atoms with Gasteiger partial charge in [-0.25, -0.2) is 0 Å². The summed E-state index contributed by atoms with van der Waals surface area (Å²) in [6, 6.07) is 0. The highest BCUT2D eigenvalue weighted by atomic mass is 14.9. The maximum atomic E-state index is 4.58. The van der Waals surface area contributed by atoms with Crippen molar-refractivity contribution in [3.05, 3.63) is 17.0 Å². The molecule has 0 saturated heterocycles. The molecule has 2 aliphatic rings. The zero-order chi connectivity index (χ0) is 12.7. The average molecular weight is 234 g/mol. The summed E-state index contributed by atoms with van der Waals surface area (Å²) in [6.45, 7) is 9.47. The van der Waals surface area contributed by atoms with Crippen molar-refractivity contribution < 1.29 is 0 Å². The van der Waals surface area contributed by atoms with Gasteiger partial charge in [0, 0.05) is 0 Å². The highest BCUT2D eigenvalue weighted by molar-refractivity contribution is 5.26. The van der Waals surface area contributed by atoms with Crippen LogP contribution in [0, 0.1) is 17.3 Å². The zero-order valence-electron chi connectivity index (χ0n) is 12.2. The molecule has 1 heteroatoms. The second-order valence-electron chi connectivity index (χ2n) is 7.00. The Morgan fingerprint density at radius 2 is 2.00 bits per heavy atom. The molecule has 17 heavy (non-hydrogen) atoms. The van der Waals surface area contributed by atoms with E-state index in [0.29, 0.717) is 11.3 Å². The van der Waals surface area contributed by atoms with Crippen LogP contribution in [0.25, 0.3) is 5.32 Å². The predicted octanol–water partition coefficient (Wildman–Crippen LogP) is 4.93. The van der Waals surface area contributed by atoms with Crippen LogP contribution < -0.4 is 0 Å². The van der Waals surface area contributed by atoms with Gasteiger partial charge >= 0.3 is 0 Å². The van der Waals surface area contributed by atoms with Crippen LogP contribution in [0.1, 0.15) is 59.8 Å². The molecule has 2 aliphatic carbocycles. The van der Waals surface area contributed by atoms with Gasteiger partial charge in [-0.1, -0.05) is 45.8 Å². The van der Waals surface area contributed by atoms with Gasteiger partial charge in [-0.2, -0.15) is 7.05 Å². The van der Waals surface area contributed by atoms with Crippen LogP contribution in [-0.2, 0) is 0 Å². The summed E-state index contributed by atoms with van der Waals surface area (Å²) < 4.78 is 0. The molecule has 0 N–H and O–H groups in total.